The van der Waals surface area contributed by atoms with E-state index in [2.05, 4.69) is 185 Å². The van der Waals surface area contributed by atoms with Crippen LogP contribution in [0.25, 0.3) is 0 Å². The standard InChI is InChI=1S/C9H20.C7H16.C6H15N.2C6H6.C4H10.7C3H8.6CH4/c1-5-9(6-2,7-3)8-4;2*1-4-7(5-2)6-3;2*1-2-4-6-5-3-1;1-3-4-2;7*1-3-2;;;;;;/h5-8H2,1-4H3;7H,4-6H2,1-3H3;4-6H2,1-3H3;2*1-6H;3-4H2,1-2H3;7*3H2,1-2H3;6*1H4. The van der Waals surface area contributed by atoms with E-state index in [1.807, 2.05) is 72.8 Å². The summed E-state index contributed by atoms with van der Waals surface area (Å²) in [6, 6.07) is 24.0. The van der Waals surface area contributed by atoms with Gasteiger partial charge in [0.15, 0.2) is 0 Å². The van der Waals surface area contributed by atoms with Gasteiger partial charge in [-0.05, 0) is 31.0 Å². The normalized spacial score (nSPS) is 7.64. The molecular weight excluding hydrogens is 795 g/mol. The molecule has 2 aromatic rings. The number of unbranched alkanes of at least 4 members (excludes halogenated alkanes) is 1. The Balaban J connectivity index is -0.0000000266. The van der Waals surface area contributed by atoms with E-state index >= 15 is 0 Å². The summed E-state index contributed by atoms with van der Waals surface area (Å²) in [5, 5.41) is 0. The Labute approximate surface area is 434 Å². The predicted molar refractivity (Wildman–Crippen MR) is 337 cm³/mol. The van der Waals surface area contributed by atoms with E-state index in [1.54, 1.807) is 0 Å². The third-order valence-corrected chi connectivity index (χ3v) is 7.91. The van der Waals surface area contributed by atoms with Crippen molar-refractivity contribution in [3.8, 4) is 0 Å². The van der Waals surface area contributed by atoms with Crippen molar-refractivity contribution in [2.45, 2.75) is 327 Å². The van der Waals surface area contributed by atoms with E-state index in [9.17, 15) is 0 Å². The zero-order chi connectivity index (χ0) is 49.6. The highest BCUT2D eigenvalue weighted by atomic mass is 15.1. The molecule has 2 aromatic carbocycles. The molecule has 0 fully saturated rings. The second kappa shape index (κ2) is 144. The Morgan fingerprint density at radius 3 is 0.394 bits per heavy atom. The molecular formula is C65H153N. The zero-order valence-corrected chi connectivity index (χ0v) is 47.9. The molecule has 0 bridgehead atoms. The first-order valence-electron chi connectivity index (χ1n) is 26.5. The third kappa shape index (κ3) is 188. The van der Waals surface area contributed by atoms with Crippen molar-refractivity contribution in [3.05, 3.63) is 72.8 Å². The van der Waals surface area contributed by atoms with Gasteiger partial charge in [-0.3, -0.25) is 0 Å². The fraction of sp³-hybridized carbons (Fsp3) is 0.815. The number of hydrogen-bond donors (Lipinski definition) is 0. The van der Waals surface area contributed by atoms with E-state index in [4.69, 9.17) is 0 Å². The van der Waals surface area contributed by atoms with Gasteiger partial charge in [-0.1, -0.05) is 400 Å². The fourth-order valence-corrected chi connectivity index (χ4v) is 3.81. The molecule has 0 spiro atoms. The predicted octanol–water partition coefficient (Wildman–Crippen LogP) is 26.7. The first-order chi connectivity index (χ1) is 28.7. The molecule has 0 saturated heterocycles. The van der Waals surface area contributed by atoms with Crippen molar-refractivity contribution in [1.82, 2.24) is 4.90 Å². The van der Waals surface area contributed by atoms with Crippen molar-refractivity contribution in [1.29, 1.82) is 0 Å². The quantitative estimate of drug-likeness (QED) is 0.217. The average molecular weight is 949 g/mol. The summed E-state index contributed by atoms with van der Waals surface area (Å²) in [4.78, 5) is 2.38. The number of hydrogen-bond acceptors (Lipinski definition) is 1. The van der Waals surface area contributed by atoms with Gasteiger partial charge >= 0.3 is 0 Å². The van der Waals surface area contributed by atoms with Gasteiger partial charge in [0.2, 0.25) is 0 Å². The molecule has 0 atom stereocenters. The molecule has 66 heavy (non-hydrogen) atoms. The molecule has 0 aromatic heterocycles. The second-order valence-corrected chi connectivity index (χ2v) is 14.9. The lowest BCUT2D eigenvalue weighted by Gasteiger charge is -2.28. The van der Waals surface area contributed by atoms with Crippen LogP contribution in [0.2, 0.25) is 0 Å². The van der Waals surface area contributed by atoms with Crippen molar-refractivity contribution in [3.63, 3.8) is 0 Å². The SMILES string of the molecule is C.C.C.C.C.C.CCC.CCC.CCC.CCC.CCC.CCC.CCC.CCC(CC)(CC)CC.CCC(CC)CC.CCCC.CCN(CC)CC.c1ccccc1.c1ccccc1. The maximum Gasteiger partial charge on any atom is -0.00474 e. The third-order valence-electron chi connectivity index (χ3n) is 7.91. The van der Waals surface area contributed by atoms with Crippen LogP contribution in [0.15, 0.2) is 72.8 Å². The van der Waals surface area contributed by atoms with E-state index < -0.39 is 0 Å². The molecule has 0 aliphatic rings. The molecule has 0 amide bonds. The molecule has 2 rings (SSSR count). The van der Waals surface area contributed by atoms with Crippen molar-refractivity contribution in [2.75, 3.05) is 19.6 Å². The van der Waals surface area contributed by atoms with Gasteiger partial charge in [0.05, 0.1) is 0 Å². The molecule has 418 valence electrons. The maximum absolute atomic E-state index is 2.38. The molecule has 0 radical (unpaired) electrons. The molecule has 0 N–H and O–H groups in total. The van der Waals surface area contributed by atoms with E-state index in [0.29, 0.717) is 5.41 Å². The number of benzene rings is 2. The highest BCUT2D eigenvalue weighted by Gasteiger charge is 2.20. The monoisotopic (exact) mass is 948 g/mol. The average Bonchev–Trinajstić information content (AvgIpc) is 3.27. The molecule has 0 unspecified atom stereocenters. The zero-order valence-electron chi connectivity index (χ0n) is 47.9. The summed E-state index contributed by atoms with van der Waals surface area (Å²) in [6.45, 7) is 60.2. The van der Waals surface area contributed by atoms with Crippen molar-refractivity contribution >= 4 is 0 Å². The van der Waals surface area contributed by atoms with Crippen LogP contribution in [-0.4, -0.2) is 24.5 Å². The van der Waals surface area contributed by atoms with E-state index in [1.165, 1.54) is 122 Å². The van der Waals surface area contributed by atoms with Crippen LogP contribution in [0, 0.1) is 11.3 Å². The molecule has 0 heterocycles. The van der Waals surface area contributed by atoms with E-state index in [-0.39, 0.29) is 44.6 Å². The van der Waals surface area contributed by atoms with Crippen molar-refractivity contribution < 1.29 is 0 Å². The number of nitrogens with zero attached hydrogens (tertiary/aromatic N) is 1. The lowest BCUT2D eigenvalue weighted by molar-refractivity contribution is 0.240. The Kier molecular flexibility index (Phi) is 251. The van der Waals surface area contributed by atoms with Crippen LogP contribution in [0.5, 0.6) is 0 Å². The van der Waals surface area contributed by atoms with Crippen LogP contribution in [0.4, 0.5) is 0 Å². The van der Waals surface area contributed by atoms with Gasteiger partial charge in [-0.2, -0.15) is 0 Å². The summed E-state index contributed by atoms with van der Waals surface area (Å²) in [7, 11) is 0. The summed E-state index contributed by atoms with van der Waals surface area (Å²) in [5.41, 5.74) is 0.667. The van der Waals surface area contributed by atoms with Gasteiger partial charge in [0, 0.05) is 0 Å². The van der Waals surface area contributed by atoms with Gasteiger partial charge in [-0.25, -0.2) is 0 Å². The molecule has 0 aliphatic heterocycles. The minimum Gasteiger partial charge on any atom is -0.304 e. The summed E-state index contributed by atoms with van der Waals surface area (Å²) >= 11 is 0. The summed E-state index contributed by atoms with van der Waals surface area (Å²) in [5.74, 6) is 0.986. The lowest BCUT2D eigenvalue weighted by atomic mass is 9.78. The molecule has 1 nitrogen and oxygen atoms in total. The van der Waals surface area contributed by atoms with Gasteiger partial charge in [0.25, 0.3) is 0 Å². The highest BCUT2D eigenvalue weighted by Crippen LogP contribution is 2.33. The largest absolute Gasteiger partial charge is 0.304 e. The van der Waals surface area contributed by atoms with Crippen LogP contribution in [0.1, 0.15) is 327 Å². The smallest absolute Gasteiger partial charge is 0.00474 e. The minimum atomic E-state index is 0. The minimum absolute atomic E-state index is 0. The fourth-order valence-electron chi connectivity index (χ4n) is 3.81. The summed E-state index contributed by atoms with van der Waals surface area (Å²) in [6.07, 6.45) is 20.8. The van der Waals surface area contributed by atoms with Gasteiger partial charge < -0.3 is 4.90 Å². The van der Waals surface area contributed by atoms with Crippen LogP contribution < -0.4 is 0 Å². The van der Waals surface area contributed by atoms with Crippen LogP contribution >= 0.6 is 0 Å². The van der Waals surface area contributed by atoms with Crippen LogP contribution in [0.3, 0.4) is 0 Å². The first-order valence-corrected chi connectivity index (χ1v) is 26.5. The maximum atomic E-state index is 2.38. The number of rotatable bonds is 11. The lowest BCUT2D eigenvalue weighted by Crippen LogP contribution is -2.21. The Hall–Kier alpha value is -1.60. The topological polar surface area (TPSA) is 3.24 Å². The Morgan fingerprint density at radius 2 is 0.379 bits per heavy atom. The summed E-state index contributed by atoms with van der Waals surface area (Å²) < 4.78 is 0. The van der Waals surface area contributed by atoms with Crippen molar-refractivity contribution in [2.24, 2.45) is 11.3 Å². The molecule has 0 saturated carbocycles. The van der Waals surface area contributed by atoms with Gasteiger partial charge in [0.1, 0.15) is 0 Å². The molecule has 0 aliphatic carbocycles. The highest BCUT2D eigenvalue weighted by molar-refractivity contribution is 4.99. The molecule has 1 heteroatoms. The Bertz CT molecular complexity index is 539. The van der Waals surface area contributed by atoms with E-state index in [0.717, 1.165) is 5.92 Å². The Morgan fingerprint density at radius 1 is 0.258 bits per heavy atom. The second-order valence-electron chi connectivity index (χ2n) is 14.9. The van der Waals surface area contributed by atoms with Gasteiger partial charge in [-0.15, -0.1) is 0 Å². The van der Waals surface area contributed by atoms with Crippen LogP contribution in [-0.2, 0) is 0 Å². The first kappa shape index (κ1) is 115.